The molecule has 0 spiro atoms. The molecule has 1 N–H and O–H groups in total. The third-order valence-electron chi connectivity index (χ3n) is 2.50. The molecule has 90 valence electrons. The van der Waals surface area contributed by atoms with Crippen LogP contribution >= 0.6 is 0 Å². The number of rotatable bonds is 4. The summed E-state index contributed by atoms with van der Waals surface area (Å²) in [5, 5.41) is 8.83. The molecule has 1 heterocycles. The normalized spacial score (nSPS) is 17.4. The summed E-state index contributed by atoms with van der Waals surface area (Å²) in [5.41, 5.74) is 0. The van der Waals surface area contributed by atoms with E-state index in [0.29, 0.717) is 0 Å². The van der Waals surface area contributed by atoms with Crippen LogP contribution in [0, 0.1) is 23.1 Å². The van der Waals surface area contributed by atoms with Gasteiger partial charge in [0.2, 0.25) is 10.0 Å². The van der Waals surface area contributed by atoms with Crippen molar-refractivity contribution in [2.24, 2.45) is 5.92 Å². The predicted molar refractivity (Wildman–Crippen MR) is 56.6 cm³/mol. The highest BCUT2D eigenvalue weighted by atomic mass is 32.2. The van der Waals surface area contributed by atoms with Gasteiger partial charge in [0.1, 0.15) is 16.8 Å². The number of hydrogen-bond donors (Lipinski definition) is 1. The molecule has 1 aliphatic carbocycles. The molecule has 1 unspecified atom stereocenters. The van der Waals surface area contributed by atoms with Gasteiger partial charge >= 0.3 is 0 Å². The van der Waals surface area contributed by atoms with Gasteiger partial charge in [-0.15, -0.1) is 0 Å². The van der Waals surface area contributed by atoms with Gasteiger partial charge < -0.3 is 0 Å². The first kappa shape index (κ1) is 12.0. The first-order chi connectivity index (χ1) is 8.03. The van der Waals surface area contributed by atoms with Crippen LogP contribution in [0.1, 0.15) is 12.8 Å². The van der Waals surface area contributed by atoms with Gasteiger partial charge in [-0.2, -0.15) is 9.98 Å². The summed E-state index contributed by atoms with van der Waals surface area (Å²) >= 11 is 0. The lowest BCUT2D eigenvalue weighted by molar-refractivity contribution is 0.556. The smallest absolute Gasteiger partial charge is 0.243 e. The molecule has 5 nitrogen and oxygen atoms in total. The summed E-state index contributed by atoms with van der Waals surface area (Å²) in [6.07, 6.45) is 3.64. The fraction of sp³-hybridized carbons (Fsp3) is 0.400. The van der Waals surface area contributed by atoms with E-state index in [0.717, 1.165) is 31.3 Å². The minimum Gasteiger partial charge on any atom is -0.260 e. The Morgan fingerprint density at radius 3 is 2.76 bits per heavy atom. The number of hydrogen-bond acceptors (Lipinski definition) is 4. The molecule has 0 aliphatic heterocycles. The van der Waals surface area contributed by atoms with Gasteiger partial charge in [-0.1, -0.05) is 0 Å². The summed E-state index contributed by atoms with van der Waals surface area (Å²) in [7, 11) is -3.87. The second-order valence-corrected chi connectivity index (χ2v) is 5.62. The number of nitriles is 1. The van der Waals surface area contributed by atoms with Crippen molar-refractivity contribution in [3.63, 3.8) is 0 Å². The van der Waals surface area contributed by atoms with Crippen LogP contribution in [0.5, 0.6) is 0 Å². The highest BCUT2D eigenvalue weighted by Gasteiger charge is 2.34. The Morgan fingerprint density at radius 2 is 2.24 bits per heavy atom. The van der Waals surface area contributed by atoms with Crippen molar-refractivity contribution in [3.05, 3.63) is 24.3 Å². The fourth-order valence-electron chi connectivity index (χ4n) is 1.43. The maximum atomic E-state index is 12.9. The molecule has 0 radical (unpaired) electrons. The average Bonchev–Trinajstić information content (AvgIpc) is 3.10. The van der Waals surface area contributed by atoms with Crippen molar-refractivity contribution >= 4 is 10.0 Å². The van der Waals surface area contributed by atoms with E-state index < -0.39 is 21.9 Å². The molecule has 0 aromatic carbocycles. The monoisotopic (exact) mass is 255 g/mol. The maximum absolute atomic E-state index is 12.9. The van der Waals surface area contributed by atoms with E-state index in [-0.39, 0.29) is 10.8 Å². The van der Waals surface area contributed by atoms with E-state index in [4.69, 9.17) is 5.26 Å². The largest absolute Gasteiger partial charge is 0.260 e. The van der Waals surface area contributed by atoms with Crippen LogP contribution in [0.15, 0.2) is 23.4 Å². The van der Waals surface area contributed by atoms with Crippen LogP contribution in [0.25, 0.3) is 0 Å². The second-order valence-electron chi connectivity index (χ2n) is 3.90. The third-order valence-corrected chi connectivity index (χ3v) is 3.91. The van der Waals surface area contributed by atoms with Crippen molar-refractivity contribution < 1.29 is 12.8 Å². The molecule has 0 saturated heterocycles. The van der Waals surface area contributed by atoms with Gasteiger partial charge in [-0.05, 0) is 24.8 Å². The molecule has 1 fully saturated rings. The van der Waals surface area contributed by atoms with E-state index >= 15 is 0 Å². The molecule has 7 heteroatoms. The Hall–Kier alpha value is -1.52. The lowest BCUT2D eigenvalue weighted by atomic mass is 10.2. The molecule has 1 saturated carbocycles. The zero-order valence-electron chi connectivity index (χ0n) is 8.80. The SMILES string of the molecule is N#CC(NS(=O)(=O)c1cncc(F)c1)C1CC1. The average molecular weight is 255 g/mol. The number of sulfonamides is 1. The second kappa shape index (κ2) is 4.39. The molecule has 0 bridgehead atoms. The molecular formula is C10H10FN3O2S. The summed E-state index contributed by atoms with van der Waals surface area (Å²) in [5.74, 6) is -0.663. The lowest BCUT2D eigenvalue weighted by Gasteiger charge is -2.10. The minimum absolute atomic E-state index is 0.0660. The van der Waals surface area contributed by atoms with Crippen LogP contribution in [0.2, 0.25) is 0 Å². The fourth-order valence-corrected chi connectivity index (χ4v) is 2.61. The Morgan fingerprint density at radius 1 is 1.53 bits per heavy atom. The Kier molecular flexibility index (Phi) is 3.09. The van der Waals surface area contributed by atoms with Crippen molar-refractivity contribution in [1.82, 2.24) is 9.71 Å². The molecule has 0 amide bonds. The summed E-state index contributed by atoms with van der Waals surface area (Å²) < 4.78 is 38.8. The van der Waals surface area contributed by atoms with Crippen molar-refractivity contribution in [2.75, 3.05) is 0 Å². The van der Waals surface area contributed by atoms with Gasteiger partial charge in [0.15, 0.2) is 0 Å². The topological polar surface area (TPSA) is 82.9 Å². The van der Waals surface area contributed by atoms with Crippen LogP contribution in [-0.4, -0.2) is 19.4 Å². The molecule has 2 rings (SSSR count). The number of aromatic nitrogens is 1. The van der Waals surface area contributed by atoms with E-state index in [1.807, 2.05) is 6.07 Å². The number of pyridine rings is 1. The molecule has 17 heavy (non-hydrogen) atoms. The summed E-state index contributed by atoms with van der Waals surface area (Å²) in [6.45, 7) is 0. The first-order valence-electron chi connectivity index (χ1n) is 5.05. The Labute approximate surface area is 98.3 Å². The van der Waals surface area contributed by atoms with E-state index in [2.05, 4.69) is 9.71 Å². The number of nitrogens with zero attached hydrogens (tertiary/aromatic N) is 2. The van der Waals surface area contributed by atoms with Crippen molar-refractivity contribution in [3.8, 4) is 6.07 Å². The van der Waals surface area contributed by atoms with Gasteiger partial charge in [-0.3, -0.25) is 4.98 Å². The van der Waals surface area contributed by atoms with Gasteiger partial charge in [-0.25, -0.2) is 12.8 Å². The molecular weight excluding hydrogens is 245 g/mol. The Balaban J connectivity index is 2.21. The molecule has 1 aliphatic rings. The molecule has 1 aromatic heterocycles. The highest BCUT2D eigenvalue weighted by molar-refractivity contribution is 7.89. The predicted octanol–water partition coefficient (Wildman–Crippen LogP) is 0.801. The summed E-state index contributed by atoms with van der Waals surface area (Å²) in [4.78, 5) is 3.20. The maximum Gasteiger partial charge on any atom is 0.243 e. The van der Waals surface area contributed by atoms with E-state index in [1.54, 1.807) is 0 Å². The van der Waals surface area contributed by atoms with Crippen LogP contribution in [0.3, 0.4) is 0 Å². The zero-order chi connectivity index (χ0) is 12.5. The van der Waals surface area contributed by atoms with E-state index in [1.165, 1.54) is 0 Å². The highest BCUT2D eigenvalue weighted by Crippen LogP contribution is 2.32. The summed E-state index contributed by atoms with van der Waals surface area (Å²) in [6, 6.07) is 2.02. The minimum atomic E-state index is -3.87. The third kappa shape index (κ3) is 2.78. The first-order valence-corrected chi connectivity index (χ1v) is 6.54. The quantitative estimate of drug-likeness (QED) is 0.862. The number of halogens is 1. The van der Waals surface area contributed by atoms with Gasteiger partial charge in [0, 0.05) is 6.20 Å². The van der Waals surface area contributed by atoms with Gasteiger partial charge in [0.05, 0.1) is 12.3 Å². The van der Waals surface area contributed by atoms with Crippen LogP contribution in [0.4, 0.5) is 4.39 Å². The van der Waals surface area contributed by atoms with Crippen molar-refractivity contribution in [1.29, 1.82) is 5.26 Å². The molecule has 1 atom stereocenters. The van der Waals surface area contributed by atoms with E-state index in [9.17, 15) is 12.8 Å². The van der Waals surface area contributed by atoms with Crippen molar-refractivity contribution in [2.45, 2.75) is 23.8 Å². The Bertz CT molecular complexity index is 563. The zero-order valence-corrected chi connectivity index (χ0v) is 9.61. The van der Waals surface area contributed by atoms with Crippen LogP contribution in [-0.2, 0) is 10.0 Å². The number of nitrogens with one attached hydrogen (secondary N) is 1. The van der Waals surface area contributed by atoms with Gasteiger partial charge in [0.25, 0.3) is 0 Å². The van der Waals surface area contributed by atoms with Crippen LogP contribution < -0.4 is 4.72 Å². The molecule has 1 aromatic rings. The standard InChI is InChI=1S/C10H10FN3O2S/c11-8-3-9(6-13-5-8)17(15,16)14-10(4-12)7-1-2-7/h3,5-7,10,14H,1-2H2. The lowest BCUT2D eigenvalue weighted by Crippen LogP contribution is -2.35.